The second-order valence-electron chi connectivity index (χ2n) is 5.75. The van der Waals surface area contributed by atoms with Crippen molar-refractivity contribution in [1.82, 2.24) is 5.32 Å². The van der Waals surface area contributed by atoms with Crippen LogP contribution < -0.4 is 5.32 Å². The Morgan fingerprint density at radius 1 is 1.50 bits per heavy atom. The molecule has 0 saturated heterocycles. The molecule has 0 radical (unpaired) electrons. The highest BCUT2D eigenvalue weighted by Crippen LogP contribution is 2.43. The van der Waals surface area contributed by atoms with Crippen molar-refractivity contribution in [2.45, 2.75) is 52.0 Å². The van der Waals surface area contributed by atoms with Crippen LogP contribution in [0, 0.1) is 5.82 Å². The fraction of sp³-hybridized carbons (Fsp3) is 0.471. The maximum Gasteiger partial charge on any atom is 0.244 e. The van der Waals surface area contributed by atoms with Crippen molar-refractivity contribution in [1.29, 1.82) is 0 Å². The van der Waals surface area contributed by atoms with E-state index in [-0.39, 0.29) is 17.8 Å². The molecule has 108 valence electrons. The summed E-state index contributed by atoms with van der Waals surface area (Å²) >= 11 is 0. The normalized spacial score (nSPS) is 19.4. The summed E-state index contributed by atoms with van der Waals surface area (Å²) in [6.45, 7) is 6.01. The van der Waals surface area contributed by atoms with Gasteiger partial charge in [0.1, 0.15) is 5.82 Å². The van der Waals surface area contributed by atoms with Crippen LogP contribution in [0.1, 0.15) is 57.1 Å². The SMILES string of the molecule is CCCC1C/C(=C/C(=O)NC(C)C)c2cc(F)ccc21. The van der Waals surface area contributed by atoms with Gasteiger partial charge in [-0.2, -0.15) is 0 Å². The van der Waals surface area contributed by atoms with E-state index in [0.29, 0.717) is 5.92 Å². The first-order valence-electron chi connectivity index (χ1n) is 7.32. The van der Waals surface area contributed by atoms with Crippen molar-refractivity contribution >= 4 is 11.5 Å². The number of carbonyl (C=O) groups excluding carboxylic acids is 1. The van der Waals surface area contributed by atoms with Crippen molar-refractivity contribution < 1.29 is 9.18 Å². The molecule has 0 fully saturated rings. The minimum atomic E-state index is -0.240. The number of nitrogens with one attached hydrogen (secondary N) is 1. The maximum absolute atomic E-state index is 13.5. The molecule has 20 heavy (non-hydrogen) atoms. The first-order valence-corrected chi connectivity index (χ1v) is 7.32. The summed E-state index contributed by atoms with van der Waals surface area (Å²) in [5.41, 5.74) is 3.04. The third-order valence-electron chi connectivity index (χ3n) is 3.64. The molecule has 1 aliphatic rings. The first kappa shape index (κ1) is 14.8. The van der Waals surface area contributed by atoms with Crippen molar-refractivity contribution in [3.8, 4) is 0 Å². The minimum Gasteiger partial charge on any atom is -0.350 e. The summed E-state index contributed by atoms with van der Waals surface area (Å²) in [7, 11) is 0. The van der Waals surface area contributed by atoms with Gasteiger partial charge in [0.2, 0.25) is 5.91 Å². The van der Waals surface area contributed by atoms with E-state index >= 15 is 0 Å². The molecule has 1 aliphatic carbocycles. The van der Waals surface area contributed by atoms with Crippen LogP contribution in [0.15, 0.2) is 24.3 Å². The Bertz CT molecular complexity index is 534. The lowest BCUT2D eigenvalue weighted by Gasteiger charge is -2.08. The van der Waals surface area contributed by atoms with E-state index in [1.165, 1.54) is 11.6 Å². The molecule has 2 nitrogen and oxygen atoms in total. The Morgan fingerprint density at radius 3 is 2.90 bits per heavy atom. The number of benzene rings is 1. The Hall–Kier alpha value is -1.64. The van der Waals surface area contributed by atoms with Gasteiger partial charge in [-0.3, -0.25) is 4.79 Å². The van der Waals surface area contributed by atoms with E-state index in [2.05, 4.69) is 12.2 Å². The van der Waals surface area contributed by atoms with E-state index in [1.807, 2.05) is 19.9 Å². The summed E-state index contributed by atoms with van der Waals surface area (Å²) in [4.78, 5) is 11.9. The van der Waals surface area contributed by atoms with Crippen molar-refractivity contribution in [2.75, 3.05) is 0 Å². The maximum atomic E-state index is 13.5. The van der Waals surface area contributed by atoms with E-state index < -0.39 is 0 Å². The largest absolute Gasteiger partial charge is 0.350 e. The van der Waals surface area contributed by atoms with Crippen molar-refractivity contribution in [3.05, 3.63) is 41.2 Å². The summed E-state index contributed by atoms with van der Waals surface area (Å²) in [5.74, 6) is 0.0760. The van der Waals surface area contributed by atoms with Crippen molar-refractivity contribution in [2.24, 2.45) is 0 Å². The second-order valence-corrected chi connectivity index (χ2v) is 5.75. The lowest BCUT2D eigenvalue weighted by molar-refractivity contribution is -0.116. The van der Waals surface area contributed by atoms with E-state index in [0.717, 1.165) is 30.4 Å². The van der Waals surface area contributed by atoms with Gasteiger partial charge in [-0.1, -0.05) is 19.4 Å². The average molecular weight is 275 g/mol. The van der Waals surface area contributed by atoms with Gasteiger partial charge in [-0.05, 0) is 61.4 Å². The zero-order chi connectivity index (χ0) is 14.7. The predicted octanol–water partition coefficient (Wildman–Crippen LogP) is 4.02. The van der Waals surface area contributed by atoms with Gasteiger partial charge >= 0.3 is 0 Å². The zero-order valence-electron chi connectivity index (χ0n) is 12.4. The van der Waals surface area contributed by atoms with Crippen LogP contribution in [0.25, 0.3) is 5.57 Å². The topological polar surface area (TPSA) is 29.1 Å². The predicted molar refractivity (Wildman–Crippen MR) is 79.9 cm³/mol. The van der Waals surface area contributed by atoms with Crippen LogP contribution >= 0.6 is 0 Å². The third kappa shape index (κ3) is 3.27. The molecule has 1 unspecified atom stereocenters. The quantitative estimate of drug-likeness (QED) is 0.826. The fourth-order valence-electron chi connectivity index (χ4n) is 2.88. The number of amides is 1. The van der Waals surface area contributed by atoms with Crippen LogP contribution in [0.2, 0.25) is 0 Å². The molecule has 0 saturated carbocycles. The molecule has 3 heteroatoms. The van der Waals surface area contributed by atoms with Gasteiger partial charge < -0.3 is 5.32 Å². The van der Waals surface area contributed by atoms with Crippen LogP contribution in [-0.4, -0.2) is 11.9 Å². The molecule has 0 heterocycles. The van der Waals surface area contributed by atoms with E-state index in [1.54, 1.807) is 12.1 Å². The smallest absolute Gasteiger partial charge is 0.244 e. The third-order valence-corrected chi connectivity index (χ3v) is 3.64. The summed E-state index contributed by atoms with van der Waals surface area (Å²) < 4.78 is 13.5. The van der Waals surface area contributed by atoms with Gasteiger partial charge in [-0.25, -0.2) is 4.39 Å². The fourth-order valence-corrected chi connectivity index (χ4v) is 2.88. The molecule has 2 rings (SSSR count). The van der Waals surface area contributed by atoms with E-state index in [4.69, 9.17) is 0 Å². The molecule has 0 aliphatic heterocycles. The number of fused-ring (bicyclic) bond motifs is 1. The van der Waals surface area contributed by atoms with Gasteiger partial charge in [0.05, 0.1) is 0 Å². The van der Waals surface area contributed by atoms with E-state index in [9.17, 15) is 9.18 Å². The summed E-state index contributed by atoms with van der Waals surface area (Å²) in [5, 5.41) is 2.85. The van der Waals surface area contributed by atoms with Gasteiger partial charge in [0.25, 0.3) is 0 Å². The Balaban J connectivity index is 2.31. The zero-order valence-corrected chi connectivity index (χ0v) is 12.4. The number of rotatable bonds is 4. The molecule has 0 spiro atoms. The van der Waals surface area contributed by atoms with Crippen LogP contribution in [0.3, 0.4) is 0 Å². The number of carbonyl (C=O) groups is 1. The molecular weight excluding hydrogens is 253 g/mol. The van der Waals surface area contributed by atoms with Gasteiger partial charge in [-0.15, -0.1) is 0 Å². The molecule has 1 amide bonds. The van der Waals surface area contributed by atoms with Crippen LogP contribution in [0.5, 0.6) is 0 Å². The molecular formula is C17H22FNO. The second kappa shape index (κ2) is 6.21. The Kier molecular flexibility index (Phi) is 4.58. The van der Waals surface area contributed by atoms with Crippen LogP contribution in [-0.2, 0) is 4.79 Å². The standard InChI is InChI=1S/C17H22FNO/c1-4-5-12-8-13(9-17(20)19-11(2)3)16-10-14(18)6-7-15(12)16/h6-7,9-12H,4-5,8H2,1-3H3,(H,19,20)/b13-9-. The number of allylic oxidation sites excluding steroid dienone is 1. The lowest BCUT2D eigenvalue weighted by Crippen LogP contribution is -2.28. The number of hydrogen-bond acceptors (Lipinski definition) is 1. The molecule has 1 aromatic rings. The Morgan fingerprint density at radius 2 is 2.25 bits per heavy atom. The summed E-state index contributed by atoms with van der Waals surface area (Å²) in [6, 6.07) is 5.05. The molecule has 1 atom stereocenters. The summed E-state index contributed by atoms with van der Waals surface area (Å²) in [6.07, 6.45) is 4.63. The highest BCUT2D eigenvalue weighted by Gasteiger charge is 2.26. The molecule has 0 bridgehead atoms. The molecule has 1 aromatic carbocycles. The average Bonchev–Trinajstić information content (AvgIpc) is 2.66. The number of halogens is 1. The monoisotopic (exact) mass is 275 g/mol. The minimum absolute atomic E-state index is 0.0950. The van der Waals surface area contributed by atoms with Crippen molar-refractivity contribution in [3.63, 3.8) is 0 Å². The number of hydrogen-bond donors (Lipinski definition) is 1. The molecule has 1 N–H and O–H groups in total. The van der Waals surface area contributed by atoms with Gasteiger partial charge in [0, 0.05) is 12.1 Å². The van der Waals surface area contributed by atoms with Crippen LogP contribution in [0.4, 0.5) is 4.39 Å². The highest BCUT2D eigenvalue weighted by molar-refractivity contribution is 5.96. The first-order chi connectivity index (χ1) is 9.51. The lowest BCUT2D eigenvalue weighted by atomic mass is 9.97. The highest BCUT2D eigenvalue weighted by atomic mass is 19.1. The Labute approximate surface area is 120 Å². The molecule has 0 aromatic heterocycles. The van der Waals surface area contributed by atoms with Gasteiger partial charge in [0.15, 0.2) is 0 Å².